The summed E-state index contributed by atoms with van der Waals surface area (Å²) in [4.78, 5) is 8.17. The first-order chi connectivity index (χ1) is 8.24. The van der Waals surface area contributed by atoms with Gasteiger partial charge < -0.3 is 5.32 Å². The lowest BCUT2D eigenvalue weighted by Crippen LogP contribution is -2.26. The number of rotatable bonds is 4. The Hall–Kier alpha value is -0.720. The molecule has 0 aromatic carbocycles. The van der Waals surface area contributed by atoms with Crippen molar-refractivity contribution in [2.24, 2.45) is 5.84 Å². The molecule has 0 saturated heterocycles. The van der Waals surface area contributed by atoms with E-state index in [2.05, 4.69) is 27.0 Å². The van der Waals surface area contributed by atoms with Crippen LogP contribution in [0.5, 0.6) is 0 Å². The zero-order valence-electron chi connectivity index (χ0n) is 9.61. The maximum Gasteiger partial charge on any atom is 0.239 e. The average Bonchev–Trinajstić information content (AvgIpc) is 2.79. The van der Waals surface area contributed by atoms with Gasteiger partial charge in [-0.15, -0.1) is 0 Å². The van der Waals surface area contributed by atoms with E-state index in [-0.39, 0.29) is 0 Å². The number of nitrogens with one attached hydrogen (secondary N) is 2. The first-order valence-corrected chi connectivity index (χ1v) is 7.19. The predicted molar refractivity (Wildman–Crippen MR) is 73.4 cm³/mol. The highest BCUT2D eigenvalue weighted by Gasteiger charge is 2.27. The van der Waals surface area contributed by atoms with Crippen LogP contribution < -0.4 is 16.6 Å². The molecule has 1 aromatic heterocycles. The second-order valence-electron chi connectivity index (χ2n) is 3.99. The largest absolute Gasteiger partial charge is 0.365 e. The van der Waals surface area contributed by atoms with Crippen LogP contribution in [-0.2, 0) is 0 Å². The van der Waals surface area contributed by atoms with Gasteiger partial charge >= 0.3 is 0 Å². The monoisotopic (exact) mass is 273 g/mol. The van der Waals surface area contributed by atoms with E-state index in [9.17, 15) is 0 Å². The number of nitrogen functional groups attached to an aromatic ring is 1. The summed E-state index contributed by atoms with van der Waals surface area (Å²) in [6.07, 6.45) is 7.32. The van der Waals surface area contributed by atoms with Crippen molar-refractivity contribution in [3.05, 3.63) is 11.2 Å². The molecule has 17 heavy (non-hydrogen) atoms. The molecule has 2 atom stereocenters. The van der Waals surface area contributed by atoms with Crippen molar-refractivity contribution in [2.75, 3.05) is 17.0 Å². The van der Waals surface area contributed by atoms with Crippen molar-refractivity contribution in [3.63, 3.8) is 0 Å². The molecule has 94 valence electrons. The molecule has 1 aromatic rings. The molecule has 1 fully saturated rings. The van der Waals surface area contributed by atoms with E-state index in [0.29, 0.717) is 28.1 Å². The summed E-state index contributed by atoms with van der Waals surface area (Å²) in [5, 5.41) is 4.53. The van der Waals surface area contributed by atoms with Crippen molar-refractivity contribution in [2.45, 2.75) is 30.6 Å². The smallest absolute Gasteiger partial charge is 0.239 e. The molecule has 2 unspecified atom stereocenters. The van der Waals surface area contributed by atoms with Gasteiger partial charge in [-0.25, -0.2) is 10.8 Å². The number of hydrazine groups is 1. The van der Waals surface area contributed by atoms with E-state index in [1.54, 1.807) is 6.20 Å². The number of hydrogen-bond acceptors (Lipinski definition) is 6. The normalized spacial score (nSPS) is 23.7. The molecule has 1 aliphatic carbocycles. The molecule has 2 rings (SSSR count). The second kappa shape index (κ2) is 5.75. The van der Waals surface area contributed by atoms with Crippen molar-refractivity contribution >= 4 is 35.1 Å². The summed E-state index contributed by atoms with van der Waals surface area (Å²) < 4.78 is 0. The van der Waals surface area contributed by atoms with Crippen LogP contribution in [0.25, 0.3) is 0 Å². The molecule has 4 N–H and O–H groups in total. The minimum Gasteiger partial charge on any atom is -0.365 e. The maximum atomic E-state index is 6.06. The maximum absolute atomic E-state index is 6.06. The molecule has 0 amide bonds. The number of nitrogens with zero attached hydrogens (tertiary/aromatic N) is 2. The van der Waals surface area contributed by atoms with Crippen molar-refractivity contribution in [3.8, 4) is 0 Å². The molecule has 5 nitrogen and oxygen atoms in total. The fourth-order valence-corrected chi connectivity index (χ4v) is 3.17. The van der Waals surface area contributed by atoms with E-state index in [1.165, 1.54) is 12.8 Å². The summed E-state index contributed by atoms with van der Waals surface area (Å²) in [6, 6.07) is 0.419. The van der Waals surface area contributed by atoms with E-state index < -0.39 is 0 Å². The first kappa shape index (κ1) is 12.7. The Kier molecular flexibility index (Phi) is 4.31. The van der Waals surface area contributed by atoms with E-state index in [4.69, 9.17) is 17.4 Å². The minimum absolute atomic E-state index is 0.371. The van der Waals surface area contributed by atoms with Crippen LogP contribution in [-0.4, -0.2) is 27.5 Å². The highest BCUT2D eigenvalue weighted by molar-refractivity contribution is 7.99. The van der Waals surface area contributed by atoms with Crippen LogP contribution in [0, 0.1) is 0 Å². The molecular formula is C10H16ClN5S. The number of anilines is 2. The Bertz CT molecular complexity index is 389. The fourth-order valence-electron chi connectivity index (χ4n) is 2.09. The van der Waals surface area contributed by atoms with E-state index in [0.717, 1.165) is 6.42 Å². The molecule has 1 aliphatic rings. The van der Waals surface area contributed by atoms with Crippen molar-refractivity contribution in [1.29, 1.82) is 0 Å². The van der Waals surface area contributed by atoms with Crippen LogP contribution in [0.4, 0.5) is 11.8 Å². The standard InChI is InChI=1S/C10H16ClN5S/c1-17-8-4-2-3-7(8)14-9-6(11)5-13-10(15-9)16-12/h5,7-8H,2-4,12H2,1H3,(H2,13,14,15,16). The molecule has 0 bridgehead atoms. The third kappa shape index (κ3) is 2.94. The number of aromatic nitrogens is 2. The summed E-state index contributed by atoms with van der Waals surface area (Å²) in [7, 11) is 0. The quantitative estimate of drug-likeness (QED) is 0.576. The van der Waals surface area contributed by atoms with Gasteiger partial charge in [0.2, 0.25) is 5.95 Å². The summed E-state index contributed by atoms with van der Waals surface area (Å²) in [5.41, 5.74) is 2.42. The van der Waals surface area contributed by atoms with Crippen molar-refractivity contribution < 1.29 is 0 Å². The van der Waals surface area contributed by atoms with Gasteiger partial charge in [-0.05, 0) is 19.1 Å². The molecule has 1 saturated carbocycles. The number of halogens is 1. The summed E-state index contributed by atoms with van der Waals surface area (Å²) in [6.45, 7) is 0. The Balaban J connectivity index is 2.12. The number of nitrogens with two attached hydrogens (primary N) is 1. The van der Waals surface area contributed by atoms with Gasteiger partial charge in [-0.3, -0.25) is 5.43 Å². The van der Waals surface area contributed by atoms with Gasteiger partial charge in [0.05, 0.1) is 6.20 Å². The lowest BCUT2D eigenvalue weighted by atomic mass is 10.2. The van der Waals surface area contributed by atoms with Crippen LogP contribution in [0.2, 0.25) is 5.02 Å². The van der Waals surface area contributed by atoms with E-state index >= 15 is 0 Å². The van der Waals surface area contributed by atoms with Crippen LogP contribution >= 0.6 is 23.4 Å². The topological polar surface area (TPSA) is 75.9 Å². The third-order valence-electron chi connectivity index (χ3n) is 2.95. The van der Waals surface area contributed by atoms with Crippen LogP contribution in [0.1, 0.15) is 19.3 Å². The molecule has 7 heteroatoms. The first-order valence-electron chi connectivity index (χ1n) is 5.53. The third-order valence-corrected chi connectivity index (χ3v) is 4.40. The lowest BCUT2D eigenvalue weighted by Gasteiger charge is -2.20. The van der Waals surface area contributed by atoms with Gasteiger partial charge in [-0.2, -0.15) is 16.7 Å². The SMILES string of the molecule is CSC1CCCC1Nc1nc(NN)ncc1Cl. The zero-order chi connectivity index (χ0) is 12.3. The Morgan fingerprint density at radius 1 is 1.53 bits per heavy atom. The van der Waals surface area contributed by atoms with Crippen LogP contribution in [0.15, 0.2) is 6.20 Å². The predicted octanol–water partition coefficient (Wildman–Crippen LogP) is 2.11. The lowest BCUT2D eigenvalue weighted by molar-refractivity contribution is 0.763. The molecule has 0 radical (unpaired) electrons. The Morgan fingerprint density at radius 3 is 3.06 bits per heavy atom. The fraction of sp³-hybridized carbons (Fsp3) is 0.600. The van der Waals surface area contributed by atoms with Crippen molar-refractivity contribution in [1.82, 2.24) is 9.97 Å². The highest BCUT2D eigenvalue weighted by Crippen LogP contribution is 2.32. The Labute approximate surface area is 110 Å². The Morgan fingerprint density at radius 2 is 2.35 bits per heavy atom. The molecule has 0 spiro atoms. The van der Waals surface area contributed by atoms with Gasteiger partial charge in [0.1, 0.15) is 5.02 Å². The number of hydrogen-bond donors (Lipinski definition) is 3. The zero-order valence-corrected chi connectivity index (χ0v) is 11.2. The van der Waals surface area contributed by atoms with E-state index in [1.807, 2.05) is 11.8 Å². The van der Waals surface area contributed by atoms with Gasteiger partial charge in [0.25, 0.3) is 0 Å². The highest BCUT2D eigenvalue weighted by atomic mass is 35.5. The second-order valence-corrected chi connectivity index (χ2v) is 5.47. The summed E-state index contributed by atoms with van der Waals surface area (Å²) >= 11 is 7.95. The van der Waals surface area contributed by atoms with Gasteiger partial charge in [0.15, 0.2) is 5.82 Å². The number of thioether (sulfide) groups is 1. The summed E-state index contributed by atoms with van der Waals surface area (Å²) in [5.74, 6) is 6.30. The molecule has 1 heterocycles. The van der Waals surface area contributed by atoms with Gasteiger partial charge in [-0.1, -0.05) is 18.0 Å². The van der Waals surface area contributed by atoms with Crippen LogP contribution in [0.3, 0.4) is 0 Å². The molecule has 0 aliphatic heterocycles. The average molecular weight is 274 g/mol. The van der Waals surface area contributed by atoms with Gasteiger partial charge in [0, 0.05) is 11.3 Å². The molecular weight excluding hydrogens is 258 g/mol. The minimum atomic E-state index is 0.371.